The summed E-state index contributed by atoms with van der Waals surface area (Å²) in [5.74, 6) is -0.00124. The van der Waals surface area contributed by atoms with E-state index in [4.69, 9.17) is 0 Å². The standard InChI is InChI=1S/C12H13F2N7/c1-7-8(6-16-20(7)2)5-15-9-3-4-10-17-18-12(11(13)14)21(10)19-9/h3-4,6,11H,5H2,1-2H3,(H,15,19). The molecule has 7 nitrogen and oxygen atoms in total. The van der Waals surface area contributed by atoms with E-state index in [0.29, 0.717) is 12.4 Å². The van der Waals surface area contributed by atoms with E-state index in [-0.39, 0.29) is 5.65 Å². The van der Waals surface area contributed by atoms with Crippen LogP contribution in [-0.4, -0.2) is 29.6 Å². The second-order valence-electron chi connectivity index (χ2n) is 4.58. The molecule has 0 aromatic carbocycles. The first-order chi connectivity index (χ1) is 10.1. The van der Waals surface area contributed by atoms with Crippen molar-refractivity contribution >= 4 is 11.5 Å². The van der Waals surface area contributed by atoms with Crippen molar-refractivity contribution in [1.29, 1.82) is 0 Å². The second-order valence-corrected chi connectivity index (χ2v) is 4.58. The number of hydrogen-bond donors (Lipinski definition) is 1. The Morgan fingerprint density at radius 2 is 2.10 bits per heavy atom. The van der Waals surface area contributed by atoms with Gasteiger partial charge in [0.15, 0.2) is 5.65 Å². The Labute approximate surface area is 118 Å². The first-order valence-electron chi connectivity index (χ1n) is 6.28. The smallest absolute Gasteiger partial charge is 0.299 e. The van der Waals surface area contributed by atoms with Crippen LogP contribution in [0.4, 0.5) is 14.6 Å². The van der Waals surface area contributed by atoms with Crippen LogP contribution in [0.1, 0.15) is 23.5 Å². The van der Waals surface area contributed by atoms with Crippen molar-refractivity contribution in [2.45, 2.75) is 19.9 Å². The van der Waals surface area contributed by atoms with Crippen LogP contribution < -0.4 is 5.32 Å². The Morgan fingerprint density at radius 1 is 1.29 bits per heavy atom. The van der Waals surface area contributed by atoms with Crippen LogP contribution >= 0.6 is 0 Å². The number of nitrogens with one attached hydrogen (secondary N) is 1. The van der Waals surface area contributed by atoms with Gasteiger partial charge >= 0.3 is 0 Å². The molecule has 3 aromatic heterocycles. The highest BCUT2D eigenvalue weighted by atomic mass is 19.3. The largest absolute Gasteiger partial charge is 0.364 e. The highest BCUT2D eigenvalue weighted by Crippen LogP contribution is 2.17. The minimum Gasteiger partial charge on any atom is -0.364 e. The minimum absolute atomic E-state index is 0.286. The van der Waals surface area contributed by atoms with E-state index >= 15 is 0 Å². The monoisotopic (exact) mass is 293 g/mol. The van der Waals surface area contributed by atoms with Crippen molar-refractivity contribution in [2.75, 3.05) is 5.32 Å². The molecule has 0 fully saturated rings. The van der Waals surface area contributed by atoms with Crippen LogP contribution in [-0.2, 0) is 13.6 Å². The summed E-state index contributed by atoms with van der Waals surface area (Å²) >= 11 is 0. The van der Waals surface area contributed by atoms with Gasteiger partial charge in [0.25, 0.3) is 6.43 Å². The number of nitrogens with zero attached hydrogens (tertiary/aromatic N) is 6. The molecule has 0 aliphatic rings. The Kier molecular flexibility index (Phi) is 3.24. The first-order valence-corrected chi connectivity index (χ1v) is 6.28. The zero-order valence-electron chi connectivity index (χ0n) is 11.5. The van der Waals surface area contributed by atoms with E-state index in [1.807, 2.05) is 14.0 Å². The third-order valence-corrected chi connectivity index (χ3v) is 3.28. The number of alkyl halides is 2. The fourth-order valence-corrected chi connectivity index (χ4v) is 1.94. The van der Waals surface area contributed by atoms with Crippen molar-refractivity contribution in [3.63, 3.8) is 0 Å². The van der Waals surface area contributed by atoms with Crippen LogP contribution in [0.15, 0.2) is 18.3 Å². The third-order valence-electron chi connectivity index (χ3n) is 3.28. The molecule has 0 saturated carbocycles. The number of rotatable bonds is 4. The number of anilines is 1. The molecule has 0 aliphatic heterocycles. The summed E-state index contributed by atoms with van der Waals surface area (Å²) in [6.45, 7) is 2.46. The van der Waals surface area contributed by atoms with Crippen molar-refractivity contribution in [2.24, 2.45) is 7.05 Å². The van der Waals surface area contributed by atoms with Gasteiger partial charge in [0.2, 0.25) is 5.82 Å². The third kappa shape index (κ3) is 2.41. The lowest BCUT2D eigenvalue weighted by atomic mass is 10.2. The van der Waals surface area contributed by atoms with E-state index in [1.54, 1.807) is 23.0 Å². The van der Waals surface area contributed by atoms with Crippen LogP contribution in [0.5, 0.6) is 0 Å². The van der Waals surface area contributed by atoms with Crippen molar-refractivity contribution in [1.82, 2.24) is 29.6 Å². The topological polar surface area (TPSA) is 72.9 Å². The summed E-state index contributed by atoms with van der Waals surface area (Å²) in [4.78, 5) is 0. The van der Waals surface area contributed by atoms with Crippen molar-refractivity contribution in [3.05, 3.63) is 35.4 Å². The van der Waals surface area contributed by atoms with Crippen molar-refractivity contribution in [3.8, 4) is 0 Å². The van der Waals surface area contributed by atoms with Gasteiger partial charge in [0.05, 0.1) is 6.20 Å². The van der Waals surface area contributed by atoms with Gasteiger partial charge in [0.1, 0.15) is 5.82 Å². The summed E-state index contributed by atoms with van der Waals surface area (Å²) in [7, 11) is 1.86. The van der Waals surface area contributed by atoms with Crippen LogP contribution in [0.25, 0.3) is 5.65 Å². The molecule has 0 unspecified atom stereocenters. The average Bonchev–Trinajstić information content (AvgIpc) is 3.02. The van der Waals surface area contributed by atoms with E-state index < -0.39 is 12.2 Å². The summed E-state index contributed by atoms with van der Waals surface area (Å²) in [5.41, 5.74) is 2.33. The van der Waals surface area contributed by atoms with Gasteiger partial charge in [-0.3, -0.25) is 4.68 Å². The fourth-order valence-electron chi connectivity index (χ4n) is 1.94. The SMILES string of the molecule is Cc1c(CNc2ccc3nnc(C(F)F)n3n2)cnn1C. The van der Waals surface area contributed by atoms with Crippen LogP contribution in [0.2, 0.25) is 0 Å². The van der Waals surface area contributed by atoms with Crippen molar-refractivity contribution < 1.29 is 8.78 Å². The molecule has 1 N–H and O–H groups in total. The fraction of sp³-hybridized carbons (Fsp3) is 0.333. The Morgan fingerprint density at radius 3 is 2.76 bits per heavy atom. The second kappa shape index (κ2) is 5.08. The number of aryl methyl sites for hydroxylation is 1. The number of fused-ring (bicyclic) bond motifs is 1. The quantitative estimate of drug-likeness (QED) is 0.793. The molecule has 0 amide bonds. The molecule has 0 radical (unpaired) electrons. The van der Waals surface area contributed by atoms with Gasteiger partial charge in [-0.25, -0.2) is 8.78 Å². The Balaban J connectivity index is 1.84. The zero-order chi connectivity index (χ0) is 15.0. The zero-order valence-corrected chi connectivity index (χ0v) is 11.5. The predicted octanol–water partition coefficient (Wildman–Crippen LogP) is 1.72. The average molecular weight is 293 g/mol. The maximum Gasteiger partial charge on any atom is 0.299 e. The number of halogens is 2. The van der Waals surface area contributed by atoms with Crippen LogP contribution in [0, 0.1) is 6.92 Å². The van der Waals surface area contributed by atoms with Gasteiger partial charge in [-0.05, 0) is 19.1 Å². The van der Waals surface area contributed by atoms with E-state index in [0.717, 1.165) is 15.8 Å². The van der Waals surface area contributed by atoms with Crippen LogP contribution in [0.3, 0.4) is 0 Å². The number of aromatic nitrogens is 6. The maximum absolute atomic E-state index is 12.8. The van der Waals surface area contributed by atoms with E-state index in [1.165, 1.54) is 0 Å². The summed E-state index contributed by atoms with van der Waals surface area (Å²) in [6, 6.07) is 3.26. The molecule has 0 atom stereocenters. The van der Waals surface area contributed by atoms with Gasteiger partial charge in [-0.1, -0.05) is 0 Å². The van der Waals surface area contributed by atoms with E-state index in [2.05, 4.69) is 25.7 Å². The summed E-state index contributed by atoms with van der Waals surface area (Å²) in [6.07, 6.45) is -0.965. The highest BCUT2D eigenvalue weighted by Gasteiger charge is 2.17. The molecule has 9 heteroatoms. The molecule has 0 bridgehead atoms. The molecule has 0 spiro atoms. The Hall–Kier alpha value is -2.58. The molecule has 21 heavy (non-hydrogen) atoms. The molecule has 110 valence electrons. The predicted molar refractivity (Wildman–Crippen MR) is 71.0 cm³/mol. The maximum atomic E-state index is 12.8. The van der Waals surface area contributed by atoms with Gasteiger partial charge in [-0.15, -0.1) is 15.3 Å². The summed E-state index contributed by atoms with van der Waals surface area (Å²) < 4.78 is 28.4. The number of hydrogen-bond acceptors (Lipinski definition) is 5. The molecule has 3 rings (SSSR count). The highest BCUT2D eigenvalue weighted by molar-refractivity contribution is 5.44. The molecule has 0 saturated heterocycles. The molecule has 3 heterocycles. The lowest BCUT2D eigenvalue weighted by Gasteiger charge is -2.06. The lowest BCUT2D eigenvalue weighted by Crippen LogP contribution is -2.06. The first kappa shape index (κ1) is 13.4. The van der Waals surface area contributed by atoms with Gasteiger partial charge in [0, 0.05) is 24.8 Å². The molecular weight excluding hydrogens is 280 g/mol. The molecule has 0 aliphatic carbocycles. The van der Waals surface area contributed by atoms with E-state index in [9.17, 15) is 8.78 Å². The lowest BCUT2D eigenvalue weighted by molar-refractivity contribution is 0.137. The Bertz CT molecular complexity index is 777. The normalized spacial score (nSPS) is 11.5. The van der Waals surface area contributed by atoms with Gasteiger partial charge in [-0.2, -0.15) is 9.61 Å². The molecule has 3 aromatic rings. The summed E-state index contributed by atoms with van der Waals surface area (Å²) in [5, 5.41) is 18.4. The minimum atomic E-state index is -2.72. The molecular formula is C12H13F2N7. The van der Waals surface area contributed by atoms with Gasteiger partial charge < -0.3 is 5.32 Å².